The maximum atomic E-state index is 12.9. The van der Waals surface area contributed by atoms with Crippen LogP contribution in [0.3, 0.4) is 0 Å². The van der Waals surface area contributed by atoms with Crippen LogP contribution in [0, 0.1) is 5.82 Å². The van der Waals surface area contributed by atoms with Gasteiger partial charge in [-0.1, -0.05) is 13.3 Å². The van der Waals surface area contributed by atoms with Gasteiger partial charge in [-0.3, -0.25) is 9.52 Å². The molecule has 156 valence electrons. The fourth-order valence-electron chi connectivity index (χ4n) is 2.54. The minimum atomic E-state index is -3.89. The Hall–Kier alpha value is -2.94. The monoisotopic (exact) mass is 422 g/mol. The van der Waals surface area contributed by atoms with E-state index in [9.17, 15) is 22.4 Å². The lowest BCUT2D eigenvalue weighted by molar-refractivity contribution is -0.124. The molecule has 1 amide bonds. The number of sulfonamides is 1. The van der Waals surface area contributed by atoms with Gasteiger partial charge in [0.05, 0.1) is 10.5 Å². The number of esters is 1. The molecule has 0 aromatic heterocycles. The Morgan fingerprint density at radius 3 is 2.28 bits per heavy atom. The first-order valence-corrected chi connectivity index (χ1v) is 10.5. The zero-order chi connectivity index (χ0) is 21.4. The molecule has 0 fully saturated rings. The molecule has 0 spiro atoms. The van der Waals surface area contributed by atoms with Gasteiger partial charge in [0.15, 0.2) is 6.61 Å². The molecule has 7 nitrogen and oxygen atoms in total. The number of hydrogen-bond donors (Lipinski definition) is 2. The first kappa shape index (κ1) is 22.4. The number of ether oxygens (including phenoxy) is 1. The SMILES string of the molecule is CCC[C@@H](C)NC(=O)COC(=O)c1ccc(NS(=O)(=O)c2ccc(F)cc2)cc1. The third kappa shape index (κ3) is 6.86. The number of benzene rings is 2. The van der Waals surface area contributed by atoms with Crippen molar-refractivity contribution in [3.05, 3.63) is 59.9 Å². The number of carbonyl (C=O) groups is 2. The van der Waals surface area contributed by atoms with Gasteiger partial charge in [-0.2, -0.15) is 0 Å². The van der Waals surface area contributed by atoms with E-state index in [1.54, 1.807) is 0 Å². The van der Waals surface area contributed by atoms with Crippen molar-refractivity contribution in [1.82, 2.24) is 5.32 Å². The lowest BCUT2D eigenvalue weighted by Gasteiger charge is -2.13. The lowest BCUT2D eigenvalue weighted by Crippen LogP contribution is -2.35. The molecule has 9 heteroatoms. The molecule has 2 N–H and O–H groups in total. The first-order valence-electron chi connectivity index (χ1n) is 9.06. The smallest absolute Gasteiger partial charge is 0.338 e. The predicted octanol–water partition coefficient (Wildman–Crippen LogP) is 3.09. The minimum absolute atomic E-state index is 0.000355. The van der Waals surface area contributed by atoms with Gasteiger partial charge < -0.3 is 10.1 Å². The number of halogens is 1. The summed E-state index contributed by atoms with van der Waals surface area (Å²) in [5, 5.41) is 2.73. The molecule has 0 saturated heterocycles. The van der Waals surface area contributed by atoms with Crippen molar-refractivity contribution in [3.63, 3.8) is 0 Å². The zero-order valence-corrected chi connectivity index (χ0v) is 17.0. The number of hydrogen-bond acceptors (Lipinski definition) is 5. The normalized spacial score (nSPS) is 12.1. The minimum Gasteiger partial charge on any atom is -0.452 e. The highest BCUT2D eigenvalue weighted by Crippen LogP contribution is 2.17. The van der Waals surface area contributed by atoms with Crippen LogP contribution in [0.1, 0.15) is 37.0 Å². The van der Waals surface area contributed by atoms with E-state index in [0.717, 1.165) is 37.1 Å². The van der Waals surface area contributed by atoms with Gasteiger partial charge in [0.25, 0.3) is 15.9 Å². The fourth-order valence-corrected chi connectivity index (χ4v) is 3.60. The number of anilines is 1. The van der Waals surface area contributed by atoms with Gasteiger partial charge in [-0.15, -0.1) is 0 Å². The Labute approximate surface area is 169 Å². The second-order valence-corrected chi connectivity index (χ2v) is 8.15. The molecule has 1 atom stereocenters. The Morgan fingerprint density at radius 1 is 1.07 bits per heavy atom. The molecule has 0 aliphatic rings. The Kier molecular flexibility index (Phi) is 7.72. The highest BCUT2D eigenvalue weighted by molar-refractivity contribution is 7.92. The maximum absolute atomic E-state index is 12.9. The molecule has 0 saturated carbocycles. The highest BCUT2D eigenvalue weighted by atomic mass is 32.2. The molecule has 2 aromatic rings. The van der Waals surface area contributed by atoms with Crippen LogP contribution < -0.4 is 10.0 Å². The van der Waals surface area contributed by atoms with E-state index in [-0.39, 0.29) is 28.1 Å². The van der Waals surface area contributed by atoms with E-state index >= 15 is 0 Å². The standard InChI is InChI=1S/C20H23FN2O5S/c1-3-4-14(2)22-19(24)13-28-20(25)15-5-9-17(10-6-15)23-29(26,27)18-11-7-16(21)8-12-18/h5-12,14,23H,3-4,13H2,1-2H3,(H,22,24)/t14-/m1/s1. The summed E-state index contributed by atoms with van der Waals surface area (Å²) in [5.74, 6) is -1.63. The van der Waals surface area contributed by atoms with Crippen molar-refractivity contribution in [1.29, 1.82) is 0 Å². The van der Waals surface area contributed by atoms with Gasteiger partial charge in [0.1, 0.15) is 5.82 Å². The molecule has 2 rings (SSSR count). The van der Waals surface area contributed by atoms with Gasteiger partial charge >= 0.3 is 5.97 Å². The average Bonchev–Trinajstić information content (AvgIpc) is 2.67. The van der Waals surface area contributed by atoms with E-state index in [4.69, 9.17) is 4.74 Å². The number of nitrogens with one attached hydrogen (secondary N) is 2. The molecule has 0 unspecified atom stereocenters. The number of carbonyl (C=O) groups excluding carboxylic acids is 2. The quantitative estimate of drug-likeness (QED) is 0.605. The van der Waals surface area contributed by atoms with Crippen molar-refractivity contribution in [2.75, 3.05) is 11.3 Å². The van der Waals surface area contributed by atoms with Crippen LogP contribution in [-0.4, -0.2) is 32.9 Å². The third-order valence-corrected chi connectivity index (χ3v) is 5.36. The molecule has 0 bridgehead atoms. The summed E-state index contributed by atoms with van der Waals surface area (Å²) in [6.07, 6.45) is 1.76. The molecular formula is C20H23FN2O5S. The third-order valence-electron chi connectivity index (χ3n) is 3.96. The van der Waals surface area contributed by atoms with Gasteiger partial charge in [-0.25, -0.2) is 17.6 Å². The molecule has 29 heavy (non-hydrogen) atoms. The fraction of sp³-hybridized carbons (Fsp3) is 0.300. The summed E-state index contributed by atoms with van der Waals surface area (Å²) in [7, 11) is -3.89. The number of amides is 1. The van der Waals surface area contributed by atoms with E-state index in [1.165, 1.54) is 24.3 Å². The van der Waals surface area contributed by atoms with Crippen molar-refractivity contribution < 1.29 is 27.1 Å². The maximum Gasteiger partial charge on any atom is 0.338 e. The molecule has 0 aliphatic carbocycles. The van der Waals surface area contributed by atoms with E-state index in [2.05, 4.69) is 10.0 Å². The largest absolute Gasteiger partial charge is 0.452 e. The van der Waals surface area contributed by atoms with Crippen LogP contribution in [0.15, 0.2) is 53.4 Å². The summed E-state index contributed by atoms with van der Waals surface area (Å²) < 4.78 is 44.8. The van der Waals surface area contributed by atoms with Crippen molar-refractivity contribution in [3.8, 4) is 0 Å². The molecule has 0 heterocycles. The summed E-state index contributed by atoms with van der Waals surface area (Å²) in [5.41, 5.74) is 0.390. The predicted molar refractivity (Wildman–Crippen MR) is 106 cm³/mol. The summed E-state index contributed by atoms with van der Waals surface area (Å²) in [6, 6.07) is 9.93. The van der Waals surface area contributed by atoms with Crippen molar-refractivity contribution >= 4 is 27.6 Å². The van der Waals surface area contributed by atoms with Crippen LogP contribution in [0.25, 0.3) is 0 Å². The van der Waals surface area contributed by atoms with Gasteiger partial charge in [0.2, 0.25) is 0 Å². The second-order valence-electron chi connectivity index (χ2n) is 6.47. The van der Waals surface area contributed by atoms with Gasteiger partial charge in [0, 0.05) is 11.7 Å². The van der Waals surface area contributed by atoms with Crippen molar-refractivity contribution in [2.45, 2.75) is 37.6 Å². The van der Waals surface area contributed by atoms with Crippen LogP contribution in [0.4, 0.5) is 10.1 Å². The summed E-state index contributed by atoms with van der Waals surface area (Å²) in [4.78, 5) is 23.7. The molecule has 0 radical (unpaired) electrons. The van der Waals surface area contributed by atoms with Crippen LogP contribution in [0.5, 0.6) is 0 Å². The molecule has 2 aromatic carbocycles. The lowest BCUT2D eigenvalue weighted by atomic mass is 10.2. The van der Waals surface area contributed by atoms with E-state index in [1.807, 2.05) is 13.8 Å². The zero-order valence-electron chi connectivity index (χ0n) is 16.1. The first-order chi connectivity index (χ1) is 13.7. The van der Waals surface area contributed by atoms with Gasteiger partial charge in [-0.05, 0) is 61.9 Å². The van der Waals surface area contributed by atoms with Crippen molar-refractivity contribution in [2.24, 2.45) is 0 Å². The summed E-state index contributed by atoms with van der Waals surface area (Å²) in [6.45, 7) is 3.48. The van der Waals surface area contributed by atoms with Crippen LogP contribution in [-0.2, 0) is 19.6 Å². The number of rotatable bonds is 9. The topological polar surface area (TPSA) is 102 Å². The average molecular weight is 422 g/mol. The Morgan fingerprint density at radius 2 is 1.69 bits per heavy atom. The second kappa shape index (κ2) is 10.0. The molecule has 0 aliphatic heterocycles. The van der Waals surface area contributed by atoms with E-state index < -0.39 is 28.4 Å². The van der Waals surface area contributed by atoms with E-state index in [0.29, 0.717) is 0 Å². The Balaban J connectivity index is 1.93. The highest BCUT2D eigenvalue weighted by Gasteiger charge is 2.15. The van der Waals surface area contributed by atoms with Crippen LogP contribution >= 0.6 is 0 Å². The summed E-state index contributed by atoms with van der Waals surface area (Å²) >= 11 is 0. The van der Waals surface area contributed by atoms with Crippen LogP contribution in [0.2, 0.25) is 0 Å². The Bertz CT molecular complexity index is 944. The molecular weight excluding hydrogens is 399 g/mol.